The summed E-state index contributed by atoms with van der Waals surface area (Å²) in [6.07, 6.45) is 9.56. The monoisotopic (exact) mass is 481 g/mol. The van der Waals surface area contributed by atoms with Gasteiger partial charge in [-0.3, -0.25) is 9.59 Å². The highest BCUT2D eigenvalue weighted by molar-refractivity contribution is 6.07. The van der Waals surface area contributed by atoms with Gasteiger partial charge in [-0.05, 0) is 31.3 Å². The molecule has 6 heteroatoms. The molecule has 0 bridgehead atoms. The fraction of sp³-hybridized carbons (Fsp3) is 0.517. The zero-order valence-corrected chi connectivity index (χ0v) is 21.6. The molecule has 0 spiro atoms. The second-order valence-electron chi connectivity index (χ2n) is 10.7. The number of carbonyl (C=O) groups excluding carboxylic acids is 1. The highest BCUT2D eigenvalue weighted by Gasteiger charge is 2.55. The average Bonchev–Trinajstić information content (AvgIpc) is 3.07. The molecule has 3 aliphatic rings. The van der Waals surface area contributed by atoms with Gasteiger partial charge in [0.25, 0.3) is 5.91 Å². The number of nitrogens with one attached hydrogen (secondary N) is 1. The van der Waals surface area contributed by atoms with Gasteiger partial charge < -0.3 is 20.6 Å². The smallest absolute Gasteiger partial charge is 0.312 e. The number of allylic oxidation sites excluding steroid dienone is 7. The number of carboxylic acid groups (broad SMARTS) is 1. The highest BCUT2D eigenvalue weighted by atomic mass is 16.4. The molecule has 0 radical (unpaired) electrons. The van der Waals surface area contributed by atoms with E-state index in [1.165, 1.54) is 0 Å². The van der Waals surface area contributed by atoms with Crippen LogP contribution < -0.4 is 5.32 Å². The van der Waals surface area contributed by atoms with Crippen LogP contribution in [-0.2, 0) is 9.59 Å². The van der Waals surface area contributed by atoms with Gasteiger partial charge in [-0.15, -0.1) is 0 Å². The van der Waals surface area contributed by atoms with Crippen LogP contribution in [0.4, 0.5) is 0 Å². The second kappa shape index (κ2) is 10.1. The summed E-state index contributed by atoms with van der Waals surface area (Å²) < 4.78 is 0. The molecule has 0 saturated heterocycles. The van der Waals surface area contributed by atoms with Gasteiger partial charge in [0.2, 0.25) is 0 Å². The summed E-state index contributed by atoms with van der Waals surface area (Å²) in [6.45, 7) is 15.7. The minimum Gasteiger partial charge on any atom is -0.481 e. The molecule has 4 N–H and O–H groups in total. The Morgan fingerprint density at radius 3 is 2.46 bits per heavy atom. The maximum absolute atomic E-state index is 12.9. The first kappa shape index (κ1) is 26.9. The molecule has 35 heavy (non-hydrogen) atoms. The second-order valence-corrected chi connectivity index (χ2v) is 10.7. The first-order chi connectivity index (χ1) is 16.3. The van der Waals surface area contributed by atoms with E-state index in [4.69, 9.17) is 0 Å². The van der Waals surface area contributed by atoms with Crippen LogP contribution >= 0.6 is 0 Å². The molecule has 2 unspecified atom stereocenters. The van der Waals surface area contributed by atoms with Crippen molar-refractivity contribution >= 4 is 11.9 Å². The Morgan fingerprint density at radius 2 is 1.86 bits per heavy atom. The lowest BCUT2D eigenvalue weighted by Gasteiger charge is -2.47. The van der Waals surface area contributed by atoms with Crippen molar-refractivity contribution in [2.75, 3.05) is 0 Å². The van der Waals surface area contributed by atoms with E-state index in [1.807, 2.05) is 71.9 Å². The first-order valence-electron chi connectivity index (χ1n) is 12.4. The van der Waals surface area contributed by atoms with Crippen molar-refractivity contribution in [3.8, 4) is 0 Å². The standard InChI is InChI=1S/C29H39NO5/c1-15(2)26(32)16(3)11-9-8-10-12-17(4)29(7)20-13-14-21(31)18(5)22(20)24-23(25(29)28(34)35)19(6)30-27(24)33/h8-12,15-16,18,21,25-26,31-32H,6,13-14H2,1-5,7H3,(H,30,33)(H,34,35)/b10-8+,11-9+,17-12+/t16?,18-,21-,25+,26-,29?/m1/s1. The number of carboxylic acids is 1. The van der Waals surface area contributed by atoms with Gasteiger partial charge in [-0.1, -0.05) is 82.7 Å². The van der Waals surface area contributed by atoms with Crippen molar-refractivity contribution in [1.29, 1.82) is 0 Å². The van der Waals surface area contributed by atoms with Gasteiger partial charge >= 0.3 is 5.97 Å². The average molecular weight is 482 g/mol. The lowest BCUT2D eigenvalue weighted by molar-refractivity contribution is -0.143. The Labute approximate surface area is 208 Å². The molecule has 0 aromatic carbocycles. The summed E-state index contributed by atoms with van der Waals surface area (Å²) in [7, 11) is 0. The van der Waals surface area contributed by atoms with Crippen LogP contribution in [0, 0.1) is 29.1 Å². The van der Waals surface area contributed by atoms with Crippen molar-refractivity contribution in [2.24, 2.45) is 29.1 Å². The number of rotatable bonds is 7. The Morgan fingerprint density at radius 1 is 1.20 bits per heavy atom. The zero-order chi connectivity index (χ0) is 26.2. The van der Waals surface area contributed by atoms with E-state index in [0.29, 0.717) is 29.7 Å². The van der Waals surface area contributed by atoms with Crippen LogP contribution in [0.2, 0.25) is 0 Å². The molecule has 3 rings (SSSR count). The number of aliphatic carboxylic acids is 1. The molecule has 1 aliphatic heterocycles. The largest absolute Gasteiger partial charge is 0.481 e. The normalized spacial score (nSPS) is 31.3. The quantitative estimate of drug-likeness (QED) is 0.402. The third-order valence-corrected chi connectivity index (χ3v) is 8.17. The number of aliphatic hydroxyl groups is 2. The number of hydrogen-bond donors (Lipinski definition) is 4. The van der Waals surface area contributed by atoms with E-state index in [1.54, 1.807) is 0 Å². The molecule has 0 saturated carbocycles. The molecule has 2 aliphatic carbocycles. The molecule has 0 fully saturated rings. The van der Waals surface area contributed by atoms with Crippen LogP contribution in [0.1, 0.15) is 54.4 Å². The zero-order valence-electron chi connectivity index (χ0n) is 21.6. The van der Waals surface area contributed by atoms with Crippen molar-refractivity contribution in [2.45, 2.75) is 66.6 Å². The van der Waals surface area contributed by atoms with Gasteiger partial charge in [0.15, 0.2) is 0 Å². The Kier molecular flexibility index (Phi) is 7.77. The topological polar surface area (TPSA) is 107 Å². The van der Waals surface area contributed by atoms with Crippen molar-refractivity contribution in [1.82, 2.24) is 5.32 Å². The lowest BCUT2D eigenvalue weighted by Crippen LogP contribution is -2.44. The number of hydrogen-bond acceptors (Lipinski definition) is 4. The summed E-state index contributed by atoms with van der Waals surface area (Å²) >= 11 is 0. The van der Waals surface area contributed by atoms with Crippen LogP contribution in [-0.4, -0.2) is 39.4 Å². The molecule has 190 valence electrons. The Hall–Kier alpha value is -2.70. The molecule has 1 amide bonds. The number of amides is 1. The Balaban J connectivity index is 2.06. The van der Waals surface area contributed by atoms with Crippen molar-refractivity contribution < 1.29 is 24.9 Å². The predicted octanol–water partition coefficient (Wildman–Crippen LogP) is 4.45. The molecule has 1 heterocycles. The van der Waals surface area contributed by atoms with Crippen LogP contribution in [0.25, 0.3) is 0 Å². The molecule has 6 atom stereocenters. The summed E-state index contributed by atoms with van der Waals surface area (Å²) in [4.78, 5) is 25.6. The molecular formula is C29H39NO5. The summed E-state index contributed by atoms with van der Waals surface area (Å²) in [5.74, 6) is -2.40. The number of aliphatic hydroxyl groups excluding tert-OH is 2. The van der Waals surface area contributed by atoms with Gasteiger partial charge in [-0.2, -0.15) is 0 Å². The molecule has 6 nitrogen and oxygen atoms in total. The SMILES string of the molecule is C=C1NC(=O)C2=C1[C@@H](C(=O)O)C(C)(/C(C)=C/C=C/C=C/C(C)[C@H](O)C(C)C)C1=C2[C@H](C)[C@H](O)CC1. The minimum atomic E-state index is -1.00. The summed E-state index contributed by atoms with van der Waals surface area (Å²) in [5.41, 5.74) is 2.80. The third kappa shape index (κ3) is 4.62. The minimum absolute atomic E-state index is 0.0172. The van der Waals surface area contributed by atoms with E-state index in [0.717, 1.165) is 16.7 Å². The van der Waals surface area contributed by atoms with Gasteiger partial charge in [0.1, 0.15) is 0 Å². The van der Waals surface area contributed by atoms with E-state index in [-0.39, 0.29) is 23.7 Å². The van der Waals surface area contributed by atoms with Crippen molar-refractivity contribution in [3.63, 3.8) is 0 Å². The number of fused-ring (bicyclic) bond motifs is 1. The fourth-order valence-electron chi connectivity index (χ4n) is 5.88. The van der Waals surface area contributed by atoms with Crippen molar-refractivity contribution in [3.05, 3.63) is 70.5 Å². The Bertz CT molecular complexity index is 1070. The van der Waals surface area contributed by atoms with Crippen LogP contribution in [0.15, 0.2) is 70.5 Å². The highest BCUT2D eigenvalue weighted by Crippen LogP contribution is 2.58. The predicted molar refractivity (Wildman–Crippen MR) is 137 cm³/mol. The van der Waals surface area contributed by atoms with Gasteiger partial charge in [-0.25, -0.2) is 0 Å². The van der Waals surface area contributed by atoms with E-state index >= 15 is 0 Å². The van der Waals surface area contributed by atoms with Gasteiger partial charge in [0.05, 0.1) is 18.1 Å². The molecular weight excluding hydrogens is 442 g/mol. The maximum atomic E-state index is 12.9. The van der Waals surface area contributed by atoms with E-state index in [9.17, 15) is 24.9 Å². The maximum Gasteiger partial charge on any atom is 0.312 e. The first-order valence-corrected chi connectivity index (χ1v) is 12.4. The van der Waals surface area contributed by atoms with Crippen LogP contribution in [0.3, 0.4) is 0 Å². The summed E-state index contributed by atoms with van der Waals surface area (Å²) in [6, 6.07) is 0. The van der Waals surface area contributed by atoms with E-state index in [2.05, 4.69) is 11.9 Å². The van der Waals surface area contributed by atoms with E-state index < -0.39 is 29.5 Å². The van der Waals surface area contributed by atoms with Crippen LogP contribution in [0.5, 0.6) is 0 Å². The lowest BCUT2D eigenvalue weighted by atomic mass is 9.55. The number of carbonyl (C=O) groups is 2. The summed E-state index contributed by atoms with van der Waals surface area (Å²) in [5, 5.41) is 33.9. The fourth-order valence-corrected chi connectivity index (χ4v) is 5.88. The molecule has 0 aromatic rings. The van der Waals surface area contributed by atoms with Gasteiger partial charge in [0, 0.05) is 34.1 Å². The third-order valence-electron chi connectivity index (χ3n) is 8.17. The molecule has 0 aromatic heterocycles.